The summed E-state index contributed by atoms with van der Waals surface area (Å²) in [6.07, 6.45) is 1.99. The van der Waals surface area contributed by atoms with Crippen molar-refractivity contribution < 1.29 is 27.9 Å². The molecule has 0 aliphatic carbocycles. The van der Waals surface area contributed by atoms with Gasteiger partial charge in [0, 0.05) is 16.5 Å². The second-order valence-electron chi connectivity index (χ2n) is 16.2. The van der Waals surface area contributed by atoms with Crippen LogP contribution in [0.2, 0.25) is 63.9 Å². The van der Waals surface area contributed by atoms with Crippen molar-refractivity contribution in [2.75, 3.05) is 26.3 Å². The Morgan fingerprint density at radius 3 is 2.06 bits per heavy atom. The van der Waals surface area contributed by atoms with Gasteiger partial charge in [-0.2, -0.15) is 0 Å². The number of ether oxygens (including phenoxy) is 2. The third-order valence-corrected chi connectivity index (χ3v) is 12.1. The molecule has 0 bridgehead atoms. The van der Waals surface area contributed by atoms with Gasteiger partial charge in [-0.3, -0.25) is 4.90 Å². The summed E-state index contributed by atoms with van der Waals surface area (Å²) >= 11 is 7.10. The van der Waals surface area contributed by atoms with Crippen LogP contribution in [0.1, 0.15) is 55.8 Å². The zero-order valence-electron chi connectivity index (χ0n) is 30.7. The van der Waals surface area contributed by atoms with Crippen molar-refractivity contribution in [3.05, 3.63) is 64.2 Å². The molecule has 264 valence electrons. The molecule has 2 aliphatic heterocycles. The number of halogens is 1. The highest BCUT2D eigenvalue weighted by atomic mass is 35.5. The number of hydrogen-bond donors (Lipinski definition) is 1. The van der Waals surface area contributed by atoms with E-state index in [1.165, 1.54) is 6.42 Å². The highest BCUT2D eigenvalue weighted by Crippen LogP contribution is 2.46. The SMILES string of the molecule is CCOc1ccc(C(c2cc([C@]3(O)O[C@H](CO[Si](C)(C)C)[C@@H](C)[C@H](O[Si](C)(C)C)[C@H]3O[Si](C)(C)C)ccc2Cl)N2CCCCC2)cc1. The van der Waals surface area contributed by atoms with E-state index >= 15 is 0 Å². The third-order valence-electron chi connectivity index (χ3n) is 8.74. The zero-order valence-corrected chi connectivity index (χ0v) is 34.4. The smallest absolute Gasteiger partial charge is 0.221 e. The zero-order chi connectivity index (χ0) is 34.8. The van der Waals surface area contributed by atoms with Crippen LogP contribution in [0.4, 0.5) is 0 Å². The summed E-state index contributed by atoms with van der Waals surface area (Å²) in [5.74, 6) is -0.995. The highest BCUT2D eigenvalue weighted by Gasteiger charge is 2.57. The van der Waals surface area contributed by atoms with Crippen molar-refractivity contribution in [3.63, 3.8) is 0 Å². The molecule has 0 amide bonds. The van der Waals surface area contributed by atoms with Gasteiger partial charge in [0.25, 0.3) is 0 Å². The van der Waals surface area contributed by atoms with Gasteiger partial charge in [0.1, 0.15) is 11.9 Å². The maximum Gasteiger partial charge on any atom is 0.221 e. The molecule has 6 atom stereocenters. The number of hydrogen-bond acceptors (Lipinski definition) is 7. The Hall–Kier alpha value is -1.06. The molecule has 2 fully saturated rings. The lowest BCUT2D eigenvalue weighted by Crippen LogP contribution is -2.65. The fourth-order valence-corrected chi connectivity index (χ4v) is 9.72. The van der Waals surface area contributed by atoms with Crippen LogP contribution in [0.15, 0.2) is 42.5 Å². The van der Waals surface area contributed by atoms with Crippen molar-refractivity contribution in [1.82, 2.24) is 4.90 Å². The van der Waals surface area contributed by atoms with Crippen LogP contribution in [0.25, 0.3) is 0 Å². The van der Waals surface area contributed by atoms with Crippen LogP contribution in [0, 0.1) is 5.92 Å². The Bertz CT molecular complexity index is 1310. The molecule has 2 aliphatic rings. The molecule has 0 saturated carbocycles. The largest absolute Gasteiger partial charge is 0.494 e. The average molecular weight is 723 g/mol. The number of piperidine rings is 1. The molecule has 1 N–H and O–H groups in total. The van der Waals surface area contributed by atoms with Crippen molar-refractivity contribution >= 4 is 36.6 Å². The van der Waals surface area contributed by atoms with E-state index in [2.05, 4.69) is 88.9 Å². The standard InChI is InChI=1S/C36H60ClNO6Si3/c1-12-40-29-19-16-27(17-20-29)33(38-22-14-13-15-23-38)30-24-28(18-21-31(30)37)36(39)35(44-47(9,10)11)34(43-46(6,7)8)26(2)32(42-36)25-41-45(3,4)5/h16-21,24,26,32-35,39H,12-15,22-23,25H2,1-11H3/t26-,32-,33?,34+,35-,36+/m1/s1. The van der Waals surface area contributed by atoms with E-state index in [1.54, 1.807) is 0 Å². The first-order valence-corrected chi connectivity index (χ1v) is 28.1. The van der Waals surface area contributed by atoms with Gasteiger partial charge in [0.2, 0.25) is 5.79 Å². The van der Waals surface area contributed by atoms with Crippen molar-refractivity contribution in [2.45, 2.75) is 122 Å². The molecular weight excluding hydrogens is 662 g/mol. The number of benzene rings is 2. The van der Waals surface area contributed by atoms with Gasteiger partial charge >= 0.3 is 0 Å². The first kappa shape index (κ1) is 38.7. The Kier molecular flexibility index (Phi) is 12.7. The fraction of sp³-hybridized carbons (Fsp3) is 0.667. The number of rotatable bonds is 13. The van der Waals surface area contributed by atoms with Gasteiger partial charge in [0.05, 0.1) is 31.5 Å². The summed E-state index contributed by atoms with van der Waals surface area (Å²) in [5.41, 5.74) is 2.70. The van der Waals surface area contributed by atoms with E-state index < -0.39 is 42.9 Å². The molecule has 11 heteroatoms. The van der Waals surface area contributed by atoms with Crippen LogP contribution < -0.4 is 4.74 Å². The van der Waals surface area contributed by atoms with E-state index in [0.717, 1.165) is 42.8 Å². The van der Waals surface area contributed by atoms with Gasteiger partial charge in [-0.15, -0.1) is 0 Å². The summed E-state index contributed by atoms with van der Waals surface area (Å²) in [6.45, 7) is 26.6. The normalized spacial score (nSPS) is 27.1. The van der Waals surface area contributed by atoms with Gasteiger partial charge in [-0.05, 0) is 127 Å². The van der Waals surface area contributed by atoms with Crippen molar-refractivity contribution in [2.24, 2.45) is 5.92 Å². The molecule has 1 unspecified atom stereocenters. The van der Waals surface area contributed by atoms with Gasteiger partial charge in [-0.25, -0.2) is 0 Å². The molecule has 0 aromatic heterocycles. The quantitative estimate of drug-likeness (QED) is 0.208. The Morgan fingerprint density at radius 1 is 0.894 bits per heavy atom. The highest BCUT2D eigenvalue weighted by molar-refractivity contribution is 6.70. The van der Waals surface area contributed by atoms with E-state index in [-0.39, 0.29) is 18.1 Å². The average Bonchev–Trinajstić information content (AvgIpc) is 2.97. The van der Waals surface area contributed by atoms with E-state index in [9.17, 15) is 5.11 Å². The van der Waals surface area contributed by atoms with Crippen LogP contribution in [-0.4, -0.2) is 79.6 Å². The molecule has 0 radical (unpaired) electrons. The van der Waals surface area contributed by atoms with Crippen LogP contribution in [-0.2, 0) is 23.8 Å². The number of nitrogens with zero attached hydrogens (tertiary/aromatic N) is 1. The predicted octanol–water partition coefficient (Wildman–Crippen LogP) is 8.79. The summed E-state index contributed by atoms with van der Waals surface area (Å²) in [4.78, 5) is 2.51. The second kappa shape index (κ2) is 15.5. The molecule has 7 nitrogen and oxygen atoms in total. The maximum atomic E-state index is 13.0. The van der Waals surface area contributed by atoms with Crippen LogP contribution in [0.5, 0.6) is 5.75 Å². The molecule has 0 spiro atoms. The minimum Gasteiger partial charge on any atom is -0.494 e. The van der Waals surface area contributed by atoms with Gasteiger partial charge < -0.3 is 27.9 Å². The summed E-state index contributed by atoms with van der Waals surface area (Å²) in [6, 6.07) is 14.1. The van der Waals surface area contributed by atoms with Gasteiger partial charge in [0.15, 0.2) is 25.0 Å². The topological polar surface area (TPSA) is 69.6 Å². The second-order valence-corrected chi connectivity index (χ2v) is 30.1. The fourth-order valence-electron chi connectivity index (χ4n) is 6.62. The Morgan fingerprint density at radius 2 is 1.51 bits per heavy atom. The minimum absolute atomic E-state index is 0.0589. The Labute approximate surface area is 292 Å². The van der Waals surface area contributed by atoms with E-state index in [1.807, 2.05) is 31.2 Å². The van der Waals surface area contributed by atoms with Gasteiger partial charge in [-0.1, -0.05) is 43.1 Å². The first-order valence-electron chi connectivity index (χ1n) is 17.5. The van der Waals surface area contributed by atoms with E-state index in [0.29, 0.717) is 23.8 Å². The maximum absolute atomic E-state index is 13.0. The lowest BCUT2D eigenvalue weighted by atomic mass is 9.82. The molecule has 2 heterocycles. The molecule has 47 heavy (non-hydrogen) atoms. The minimum atomic E-state index is -2.20. The molecule has 2 saturated heterocycles. The summed E-state index contributed by atoms with van der Waals surface area (Å²) < 4.78 is 32.9. The Balaban J connectivity index is 1.87. The monoisotopic (exact) mass is 721 g/mol. The molecule has 2 aromatic rings. The van der Waals surface area contributed by atoms with Crippen LogP contribution >= 0.6 is 11.6 Å². The first-order chi connectivity index (χ1) is 21.8. The lowest BCUT2D eigenvalue weighted by Gasteiger charge is -2.53. The molecule has 4 rings (SSSR count). The molecular formula is C36H60ClNO6Si3. The summed E-state index contributed by atoms with van der Waals surface area (Å²) in [5, 5.41) is 13.7. The number of aliphatic hydroxyl groups is 1. The van der Waals surface area contributed by atoms with E-state index in [4.69, 9.17) is 34.4 Å². The summed E-state index contributed by atoms with van der Waals surface area (Å²) in [7, 11) is -6.14. The predicted molar refractivity (Wildman–Crippen MR) is 200 cm³/mol. The third kappa shape index (κ3) is 10.2. The van der Waals surface area contributed by atoms with Crippen molar-refractivity contribution in [3.8, 4) is 5.75 Å². The number of likely N-dealkylation sites (tertiary alicyclic amines) is 1. The lowest BCUT2D eigenvalue weighted by molar-refractivity contribution is -0.341. The van der Waals surface area contributed by atoms with Crippen molar-refractivity contribution in [1.29, 1.82) is 0 Å². The van der Waals surface area contributed by atoms with Crippen LogP contribution in [0.3, 0.4) is 0 Å². The molecule has 2 aromatic carbocycles.